The maximum Gasteiger partial charge on any atom is 0.165 e. The van der Waals surface area contributed by atoms with Crippen molar-refractivity contribution >= 4 is 0 Å². The van der Waals surface area contributed by atoms with Crippen molar-refractivity contribution in [2.24, 2.45) is 0 Å². The highest BCUT2D eigenvalue weighted by molar-refractivity contribution is 5.53. The van der Waals surface area contributed by atoms with Crippen molar-refractivity contribution in [2.75, 3.05) is 26.8 Å². The zero-order chi connectivity index (χ0) is 16.2. The van der Waals surface area contributed by atoms with Crippen molar-refractivity contribution in [3.63, 3.8) is 0 Å². The van der Waals surface area contributed by atoms with Gasteiger partial charge in [-0.1, -0.05) is 18.2 Å². The fourth-order valence-corrected chi connectivity index (χ4v) is 3.36. The van der Waals surface area contributed by atoms with Crippen LogP contribution in [-0.4, -0.2) is 54.1 Å². The van der Waals surface area contributed by atoms with E-state index in [2.05, 4.69) is 11.0 Å². The van der Waals surface area contributed by atoms with Gasteiger partial charge in [-0.25, -0.2) is 0 Å². The Labute approximate surface area is 137 Å². The summed E-state index contributed by atoms with van der Waals surface area (Å²) in [5.74, 6) is 1.59. The molecule has 0 fully saturated rings. The topological polar surface area (TPSA) is 62.2 Å². The third-order valence-corrected chi connectivity index (χ3v) is 4.51. The van der Waals surface area contributed by atoms with Crippen LogP contribution in [0.4, 0.5) is 0 Å². The third-order valence-electron chi connectivity index (χ3n) is 4.51. The van der Waals surface area contributed by atoms with Crippen molar-refractivity contribution in [3.8, 4) is 11.5 Å². The summed E-state index contributed by atoms with van der Waals surface area (Å²) in [6.45, 7) is 2.59. The SMILES string of the molecule is COc1ccc2c3c1OC(C3)C[C@@H](O)/C=C/CN(CCCO)C2. The molecule has 0 saturated carbocycles. The van der Waals surface area contributed by atoms with Crippen LogP contribution in [0.25, 0.3) is 0 Å². The molecule has 5 nitrogen and oxygen atoms in total. The minimum Gasteiger partial charge on any atom is -0.493 e. The van der Waals surface area contributed by atoms with Gasteiger partial charge in [-0.05, 0) is 18.1 Å². The van der Waals surface area contributed by atoms with Crippen LogP contribution in [0.15, 0.2) is 24.3 Å². The quantitative estimate of drug-likeness (QED) is 0.824. The van der Waals surface area contributed by atoms with Gasteiger partial charge in [0.15, 0.2) is 11.5 Å². The lowest BCUT2D eigenvalue weighted by molar-refractivity contribution is 0.133. The lowest BCUT2D eigenvalue weighted by atomic mass is 10.00. The number of benzene rings is 1. The van der Waals surface area contributed by atoms with E-state index in [1.54, 1.807) is 7.11 Å². The molecular weight excluding hydrogens is 294 g/mol. The Morgan fingerprint density at radius 2 is 2.26 bits per heavy atom. The predicted molar refractivity (Wildman–Crippen MR) is 87.9 cm³/mol. The van der Waals surface area contributed by atoms with E-state index in [4.69, 9.17) is 14.6 Å². The van der Waals surface area contributed by atoms with Crippen molar-refractivity contribution in [1.82, 2.24) is 4.90 Å². The second-order valence-electron chi connectivity index (χ2n) is 6.22. The van der Waals surface area contributed by atoms with Crippen molar-refractivity contribution in [3.05, 3.63) is 35.4 Å². The predicted octanol–water partition coefficient (Wildman–Crippen LogP) is 1.50. The fraction of sp³-hybridized carbons (Fsp3) is 0.556. The molecule has 2 atom stereocenters. The molecule has 3 rings (SSSR count). The molecule has 2 heterocycles. The molecule has 2 N–H and O–H groups in total. The Balaban J connectivity index is 1.92. The number of fused-ring (bicyclic) bond motifs is 1. The molecule has 0 radical (unpaired) electrons. The van der Waals surface area contributed by atoms with E-state index < -0.39 is 6.10 Å². The molecule has 1 unspecified atom stereocenters. The summed E-state index contributed by atoms with van der Waals surface area (Å²) in [5.41, 5.74) is 2.43. The van der Waals surface area contributed by atoms with Gasteiger partial charge in [0.1, 0.15) is 6.10 Å². The first kappa shape index (κ1) is 16.3. The molecule has 2 aliphatic heterocycles. The van der Waals surface area contributed by atoms with Gasteiger partial charge in [0, 0.05) is 44.6 Å². The zero-order valence-electron chi connectivity index (χ0n) is 13.6. The maximum absolute atomic E-state index is 10.2. The number of hydrogen-bond donors (Lipinski definition) is 2. The molecule has 5 heteroatoms. The number of aliphatic hydroxyl groups excluding tert-OH is 2. The molecule has 0 aliphatic carbocycles. The van der Waals surface area contributed by atoms with E-state index in [0.717, 1.165) is 44.0 Å². The summed E-state index contributed by atoms with van der Waals surface area (Å²) < 4.78 is 11.5. The number of ether oxygens (including phenoxy) is 2. The monoisotopic (exact) mass is 319 g/mol. The van der Waals surface area contributed by atoms with Gasteiger partial charge in [-0.15, -0.1) is 0 Å². The number of nitrogens with zero attached hydrogens (tertiary/aromatic N) is 1. The first-order chi connectivity index (χ1) is 11.2. The van der Waals surface area contributed by atoms with E-state index in [9.17, 15) is 5.11 Å². The molecule has 0 amide bonds. The summed E-state index contributed by atoms with van der Waals surface area (Å²) in [6, 6.07) is 4.06. The van der Waals surface area contributed by atoms with Crippen LogP contribution in [0.2, 0.25) is 0 Å². The van der Waals surface area contributed by atoms with Crippen LogP contribution in [0.3, 0.4) is 0 Å². The Morgan fingerprint density at radius 3 is 3.04 bits per heavy atom. The molecule has 1 aromatic rings. The summed E-state index contributed by atoms with van der Waals surface area (Å²) in [6.07, 6.45) is 5.49. The lowest BCUT2D eigenvalue weighted by Crippen LogP contribution is -2.26. The van der Waals surface area contributed by atoms with Crippen molar-refractivity contribution < 1.29 is 19.7 Å². The van der Waals surface area contributed by atoms with E-state index in [1.807, 2.05) is 18.2 Å². The Bertz CT molecular complexity index is 572. The molecular formula is C18H25NO4. The largest absolute Gasteiger partial charge is 0.493 e. The van der Waals surface area contributed by atoms with E-state index >= 15 is 0 Å². The number of methoxy groups -OCH3 is 1. The molecule has 2 bridgehead atoms. The Hall–Kier alpha value is -1.56. The van der Waals surface area contributed by atoms with Gasteiger partial charge < -0.3 is 19.7 Å². The average Bonchev–Trinajstić information content (AvgIpc) is 2.94. The standard InChI is InChI=1S/C18H25NO4/c1-22-17-6-5-13-12-19(8-3-9-20)7-2-4-14(21)10-15-11-16(13)18(17)23-15/h2,4-6,14-15,20-21H,3,7-12H2,1H3/b4-2+/t14-,15?/m0/s1. The van der Waals surface area contributed by atoms with Crippen LogP contribution < -0.4 is 9.47 Å². The van der Waals surface area contributed by atoms with Crippen molar-refractivity contribution in [1.29, 1.82) is 0 Å². The van der Waals surface area contributed by atoms with Gasteiger partial charge in [-0.2, -0.15) is 0 Å². The first-order valence-corrected chi connectivity index (χ1v) is 8.24. The van der Waals surface area contributed by atoms with E-state index in [-0.39, 0.29) is 12.7 Å². The minimum atomic E-state index is -0.499. The van der Waals surface area contributed by atoms with Crippen molar-refractivity contribution in [2.45, 2.75) is 38.0 Å². The fourth-order valence-electron chi connectivity index (χ4n) is 3.36. The summed E-state index contributed by atoms with van der Waals surface area (Å²) in [7, 11) is 1.65. The van der Waals surface area contributed by atoms with Crippen LogP contribution in [0.1, 0.15) is 24.0 Å². The summed E-state index contributed by atoms with van der Waals surface area (Å²) in [5, 5.41) is 19.3. The number of aliphatic hydroxyl groups is 2. The normalized spacial score (nSPS) is 25.5. The van der Waals surface area contributed by atoms with Gasteiger partial charge >= 0.3 is 0 Å². The molecule has 0 aromatic heterocycles. The van der Waals surface area contributed by atoms with Crippen LogP contribution in [0.5, 0.6) is 11.5 Å². The van der Waals surface area contributed by atoms with Gasteiger partial charge in [0.25, 0.3) is 0 Å². The number of rotatable bonds is 4. The highest BCUT2D eigenvalue weighted by atomic mass is 16.5. The third kappa shape index (κ3) is 3.68. The van der Waals surface area contributed by atoms with Gasteiger partial charge in [0.05, 0.1) is 13.2 Å². The minimum absolute atomic E-state index is 0.0105. The van der Waals surface area contributed by atoms with Gasteiger partial charge in [-0.3, -0.25) is 4.90 Å². The first-order valence-electron chi connectivity index (χ1n) is 8.24. The van der Waals surface area contributed by atoms with Crippen LogP contribution in [-0.2, 0) is 13.0 Å². The highest BCUT2D eigenvalue weighted by Gasteiger charge is 2.30. The smallest absolute Gasteiger partial charge is 0.165 e. The Morgan fingerprint density at radius 1 is 1.39 bits per heavy atom. The molecule has 1 aromatic carbocycles. The molecule has 23 heavy (non-hydrogen) atoms. The average molecular weight is 319 g/mol. The molecule has 0 saturated heterocycles. The summed E-state index contributed by atoms with van der Waals surface area (Å²) in [4.78, 5) is 2.28. The molecule has 0 spiro atoms. The Kier molecular flexibility index (Phi) is 5.20. The lowest BCUT2D eigenvalue weighted by Gasteiger charge is -2.22. The maximum atomic E-state index is 10.2. The van der Waals surface area contributed by atoms with E-state index in [1.165, 1.54) is 11.1 Å². The second-order valence-corrected chi connectivity index (χ2v) is 6.22. The molecule has 2 aliphatic rings. The van der Waals surface area contributed by atoms with Crippen LogP contribution in [0, 0.1) is 0 Å². The zero-order valence-corrected chi connectivity index (χ0v) is 13.6. The van der Waals surface area contributed by atoms with E-state index in [0.29, 0.717) is 6.42 Å². The molecule has 126 valence electrons. The second kappa shape index (κ2) is 7.34. The summed E-state index contributed by atoms with van der Waals surface area (Å²) >= 11 is 0. The number of hydrogen-bond acceptors (Lipinski definition) is 5. The van der Waals surface area contributed by atoms with Gasteiger partial charge in [0.2, 0.25) is 0 Å². The van der Waals surface area contributed by atoms with Crippen LogP contribution >= 0.6 is 0 Å². The highest BCUT2D eigenvalue weighted by Crippen LogP contribution is 2.41.